The molecule has 0 aromatic heterocycles. The van der Waals surface area contributed by atoms with Gasteiger partial charge in [-0.1, -0.05) is 30.3 Å². The molecule has 3 aromatic rings. The maximum atomic E-state index is 13.0. The molecule has 0 aliphatic carbocycles. The van der Waals surface area contributed by atoms with Crippen molar-refractivity contribution in [3.8, 4) is 0 Å². The summed E-state index contributed by atoms with van der Waals surface area (Å²) in [7, 11) is -3.49. The fourth-order valence-electron chi connectivity index (χ4n) is 3.09. The van der Waals surface area contributed by atoms with Gasteiger partial charge in [-0.2, -0.15) is 0 Å². The molecular weight excluding hydrogens is 415 g/mol. The SMILES string of the molecule is Cc1ccc(N(Cc2ccc(C(=O)NCc3ccc(F)cc3)cc2)S(C)(=O)=O)cc1C. The Bertz CT molecular complexity index is 1170. The number of carbonyl (C=O) groups excluding carboxylic acids is 1. The minimum absolute atomic E-state index is 0.165. The lowest BCUT2D eigenvalue weighted by Gasteiger charge is -2.23. The largest absolute Gasteiger partial charge is 0.348 e. The molecule has 0 atom stereocenters. The number of anilines is 1. The number of sulfonamides is 1. The van der Waals surface area contributed by atoms with Gasteiger partial charge in [0, 0.05) is 12.1 Å². The standard InChI is InChI=1S/C24H25FN2O3S/c1-17-4-13-23(14-18(17)2)27(31(3,29)30)16-20-5-9-21(10-6-20)24(28)26-15-19-7-11-22(25)12-8-19/h4-14H,15-16H2,1-3H3,(H,26,28). The van der Waals surface area contributed by atoms with E-state index in [9.17, 15) is 17.6 Å². The molecule has 0 fully saturated rings. The average Bonchev–Trinajstić information content (AvgIpc) is 2.73. The number of amides is 1. The van der Waals surface area contributed by atoms with E-state index in [0.29, 0.717) is 11.3 Å². The maximum absolute atomic E-state index is 13.0. The van der Waals surface area contributed by atoms with Crippen LogP contribution in [0.4, 0.5) is 10.1 Å². The number of halogens is 1. The van der Waals surface area contributed by atoms with E-state index in [0.717, 1.165) is 22.3 Å². The molecule has 0 bridgehead atoms. The van der Waals surface area contributed by atoms with E-state index in [4.69, 9.17) is 0 Å². The Hall–Kier alpha value is -3.19. The third kappa shape index (κ3) is 5.92. The van der Waals surface area contributed by atoms with E-state index in [1.54, 1.807) is 42.5 Å². The van der Waals surface area contributed by atoms with Gasteiger partial charge in [0.1, 0.15) is 5.82 Å². The van der Waals surface area contributed by atoms with Crippen LogP contribution in [0.5, 0.6) is 0 Å². The molecule has 5 nitrogen and oxygen atoms in total. The number of carbonyl (C=O) groups is 1. The summed E-state index contributed by atoms with van der Waals surface area (Å²) >= 11 is 0. The molecule has 0 aliphatic heterocycles. The minimum atomic E-state index is -3.49. The van der Waals surface area contributed by atoms with Gasteiger partial charge in [0.25, 0.3) is 5.91 Å². The van der Waals surface area contributed by atoms with Gasteiger partial charge in [0.05, 0.1) is 18.5 Å². The van der Waals surface area contributed by atoms with E-state index in [1.165, 1.54) is 22.7 Å². The molecule has 1 amide bonds. The second kappa shape index (κ2) is 9.31. The Balaban J connectivity index is 1.70. The molecule has 0 aliphatic rings. The summed E-state index contributed by atoms with van der Waals surface area (Å²) in [4.78, 5) is 12.4. The second-order valence-electron chi connectivity index (χ2n) is 7.54. The number of nitrogens with zero attached hydrogens (tertiary/aromatic N) is 1. The Morgan fingerprint density at radius 2 is 1.52 bits per heavy atom. The molecular formula is C24H25FN2O3S. The molecule has 1 N–H and O–H groups in total. The number of hydrogen-bond acceptors (Lipinski definition) is 3. The third-order valence-corrected chi connectivity index (χ3v) is 6.23. The summed E-state index contributed by atoms with van der Waals surface area (Å²) in [6.07, 6.45) is 1.18. The zero-order valence-corrected chi connectivity index (χ0v) is 18.5. The van der Waals surface area contributed by atoms with Crippen LogP contribution in [0.2, 0.25) is 0 Å². The fourth-order valence-corrected chi connectivity index (χ4v) is 3.97. The Kier molecular flexibility index (Phi) is 6.75. The first-order chi connectivity index (χ1) is 14.6. The lowest BCUT2D eigenvalue weighted by atomic mass is 10.1. The summed E-state index contributed by atoms with van der Waals surface area (Å²) in [6, 6.07) is 18.3. The lowest BCUT2D eigenvalue weighted by molar-refractivity contribution is 0.0951. The highest BCUT2D eigenvalue weighted by molar-refractivity contribution is 7.92. The zero-order valence-electron chi connectivity index (χ0n) is 17.7. The highest BCUT2D eigenvalue weighted by atomic mass is 32.2. The predicted octanol–water partition coefficient (Wildman–Crippen LogP) is 4.34. The molecule has 0 heterocycles. The Morgan fingerprint density at radius 3 is 2.10 bits per heavy atom. The maximum Gasteiger partial charge on any atom is 0.251 e. The molecule has 0 unspecified atom stereocenters. The zero-order chi connectivity index (χ0) is 22.6. The number of benzene rings is 3. The van der Waals surface area contributed by atoms with Crippen molar-refractivity contribution >= 4 is 21.6 Å². The van der Waals surface area contributed by atoms with E-state index >= 15 is 0 Å². The van der Waals surface area contributed by atoms with E-state index in [2.05, 4.69) is 5.32 Å². The highest BCUT2D eigenvalue weighted by Crippen LogP contribution is 2.23. The molecule has 0 saturated carbocycles. The number of aryl methyl sites for hydroxylation is 2. The first-order valence-corrected chi connectivity index (χ1v) is 11.6. The number of rotatable bonds is 7. The van der Waals surface area contributed by atoms with E-state index in [1.807, 2.05) is 26.0 Å². The Morgan fingerprint density at radius 1 is 0.903 bits per heavy atom. The molecule has 0 saturated heterocycles. The van der Waals surface area contributed by atoms with Crippen LogP contribution in [-0.2, 0) is 23.1 Å². The first-order valence-electron chi connectivity index (χ1n) is 9.80. The normalized spacial score (nSPS) is 11.2. The fraction of sp³-hybridized carbons (Fsp3) is 0.208. The topological polar surface area (TPSA) is 66.5 Å². The van der Waals surface area contributed by atoms with Crippen molar-refractivity contribution in [2.24, 2.45) is 0 Å². The van der Waals surface area contributed by atoms with Gasteiger partial charge in [-0.3, -0.25) is 9.10 Å². The van der Waals surface area contributed by atoms with Crippen molar-refractivity contribution in [2.75, 3.05) is 10.6 Å². The van der Waals surface area contributed by atoms with Crippen LogP contribution in [-0.4, -0.2) is 20.6 Å². The molecule has 7 heteroatoms. The number of nitrogens with one attached hydrogen (secondary N) is 1. The van der Waals surface area contributed by atoms with Gasteiger partial charge in [0.15, 0.2) is 0 Å². The van der Waals surface area contributed by atoms with E-state index in [-0.39, 0.29) is 24.8 Å². The minimum Gasteiger partial charge on any atom is -0.348 e. The van der Waals surface area contributed by atoms with Crippen LogP contribution in [0.3, 0.4) is 0 Å². The summed E-state index contributed by atoms with van der Waals surface area (Å²) < 4.78 is 39.1. The summed E-state index contributed by atoms with van der Waals surface area (Å²) in [5, 5.41) is 2.79. The molecule has 31 heavy (non-hydrogen) atoms. The summed E-state index contributed by atoms with van der Waals surface area (Å²) in [6.45, 7) is 4.37. The van der Waals surface area contributed by atoms with Crippen molar-refractivity contribution in [3.63, 3.8) is 0 Å². The van der Waals surface area contributed by atoms with Crippen molar-refractivity contribution in [1.82, 2.24) is 5.32 Å². The van der Waals surface area contributed by atoms with Crippen LogP contribution in [0, 0.1) is 19.7 Å². The van der Waals surface area contributed by atoms with Gasteiger partial charge >= 0.3 is 0 Å². The quantitative estimate of drug-likeness (QED) is 0.594. The van der Waals surface area contributed by atoms with Crippen molar-refractivity contribution in [3.05, 3.63) is 100 Å². The molecule has 3 aromatic carbocycles. The number of hydrogen-bond donors (Lipinski definition) is 1. The van der Waals surface area contributed by atoms with Crippen molar-refractivity contribution < 1.29 is 17.6 Å². The average molecular weight is 441 g/mol. The van der Waals surface area contributed by atoms with Crippen molar-refractivity contribution in [1.29, 1.82) is 0 Å². The molecule has 0 spiro atoms. The van der Waals surface area contributed by atoms with Crippen LogP contribution in [0.25, 0.3) is 0 Å². The third-order valence-electron chi connectivity index (χ3n) is 5.09. The Labute approximate surface area is 182 Å². The van der Waals surface area contributed by atoms with Crippen LogP contribution in [0.1, 0.15) is 32.6 Å². The van der Waals surface area contributed by atoms with Gasteiger partial charge in [-0.25, -0.2) is 12.8 Å². The molecule has 162 valence electrons. The van der Waals surface area contributed by atoms with Gasteiger partial charge < -0.3 is 5.32 Å². The molecule has 3 rings (SSSR count). The van der Waals surface area contributed by atoms with Crippen LogP contribution in [0.15, 0.2) is 66.7 Å². The first kappa shape index (κ1) is 22.5. The van der Waals surface area contributed by atoms with Crippen LogP contribution >= 0.6 is 0 Å². The van der Waals surface area contributed by atoms with Gasteiger partial charge in [-0.05, 0) is 72.5 Å². The smallest absolute Gasteiger partial charge is 0.251 e. The monoisotopic (exact) mass is 440 g/mol. The van der Waals surface area contributed by atoms with Crippen molar-refractivity contribution in [2.45, 2.75) is 26.9 Å². The van der Waals surface area contributed by atoms with Gasteiger partial charge in [-0.15, -0.1) is 0 Å². The van der Waals surface area contributed by atoms with E-state index < -0.39 is 10.0 Å². The summed E-state index contributed by atoms with van der Waals surface area (Å²) in [5.41, 5.74) is 4.73. The predicted molar refractivity (Wildman–Crippen MR) is 121 cm³/mol. The van der Waals surface area contributed by atoms with Crippen LogP contribution < -0.4 is 9.62 Å². The summed E-state index contributed by atoms with van der Waals surface area (Å²) in [5.74, 6) is -0.584. The lowest BCUT2D eigenvalue weighted by Crippen LogP contribution is -2.29. The molecule has 0 radical (unpaired) electrons. The second-order valence-corrected chi connectivity index (χ2v) is 9.45. The highest BCUT2D eigenvalue weighted by Gasteiger charge is 2.18. The van der Waals surface area contributed by atoms with Gasteiger partial charge in [0.2, 0.25) is 10.0 Å².